The quantitative estimate of drug-likeness (QED) is 0.802. The van der Waals surface area contributed by atoms with Gasteiger partial charge in [0.25, 0.3) is 0 Å². The van der Waals surface area contributed by atoms with Crippen LogP contribution in [0.5, 0.6) is 0 Å². The van der Waals surface area contributed by atoms with E-state index in [1.165, 1.54) is 19.3 Å². The standard InChI is InChI=1S/C12H24N2O2S/c1-11-10-17(15,16)8-7-14(11)6-4-12-3-2-5-13-9-12/h11-13H,2-10H2,1H3. The molecule has 4 nitrogen and oxygen atoms in total. The van der Waals surface area contributed by atoms with E-state index in [-0.39, 0.29) is 6.04 Å². The highest BCUT2D eigenvalue weighted by molar-refractivity contribution is 7.91. The molecule has 2 rings (SSSR count). The van der Waals surface area contributed by atoms with Crippen molar-refractivity contribution < 1.29 is 8.42 Å². The fourth-order valence-corrected chi connectivity index (χ4v) is 4.51. The van der Waals surface area contributed by atoms with Crippen molar-refractivity contribution in [2.24, 2.45) is 5.92 Å². The largest absolute Gasteiger partial charge is 0.316 e. The number of hydrogen-bond acceptors (Lipinski definition) is 4. The zero-order chi connectivity index (χ0) is 12.3. The molecule has 0 bridgehead atoms. The monoisotopic (exact) mass is 260 g/mol. The number of piperidine rings is 1. The highest BCUT2D eigenvalue weighted by Crippen LogP contribution is 2.17. The molecule has 1 N–H and O–H groups in total. The van der Waals surface area contributed by atoms with Crippen LogP contribution in [0.15, 0.2) is 0 Å². The van der Waals surface area contributed by atoms with Gasteiger partial charge in [-0.15, -0.1) is 0 Å². The summed E-state index contributed by atoms with van der Waals surface area (Å²) < 4.78 is 23.0. The lowest BCUT2D eigenvalue weighted by Gasteiger charge is -2.34. The summed E-state index contributed by atoms with van der Waals surface area (Å²) in [5, 5.41) is 3.43. The first-order valence-electron chi connectivity index (χ1n) is 6.72. The topological polar surface area (TPSA) is 49.4 Å². The van der Waals surface area contributed by atoms with Crippen LogP contribution in [0.1, 0.15) is 26.2 Å². The molecule has 0 amide bonds. The van der Waals surface area contributed by atoms with Crippen LogP contribution in [0, 0.1) is 5.92 Å². The summed E-state index contributed by atoms with van der Waals surface area (Å²) in [5.74, 6) is 1.48. The Morgan fingerprint density at radius 1 is 1.41 bits per heavy atom. The van der Waals surface area contributed by atoms with Gasteiger partial charge in [0.1, 0.15) is 0 Å². The van der Waals surface area contributed by atoms with Crippen molar-refractivity contribution in [2.45, 2.75) is 32.2 Å². The minimum Gasteiger partial charge on any atom is -0.316 e. The van der Waals surface area contributed by atoms with Gasteiger partial charge in [-0.2, -0.15) is 0 Å². The van der Waals surface area contributed by atoms with E-state index in [0.717, 1.165) is 32.1 Å². The number of rotatable bonds is 3. The van der Waals surface area contributed by atoms with Gasteiger partial charge in [0, 0.05) is 12.6 Å². The smallest absolute Gasteiger partial charge is 0.153 e. The van der Waals surface area contributed by atoms with Crippen molar-refractivity contribution in [3.8, 4) is 0 Å². The third-order valence-electron chi connectivity index (χ3n) is 4.03. The lowest BCUT2D eigenvalue weighted by Crippen LogP contribution is -2.47. The average molecular weight is 260 g/mol. The Labute approximate surface area is 105 Å². The summed E-state index contributed by atoms with van der Waals surface area (Å²) in [7, 11) is -2.76. The summed E-state index contributed by atoms with van der Waals surface area (Å²) in [6.07, 6.45) is 3.82. The van der Waals surface area contributed by atoms with Gasteiger partial charge in [-0.1, -0.05) is 0 Å². The first-order valence-corrected chi connectivity index (χ1v) is 8.54. The fraction of sp³-hybridized carbons (Fsp3) is 1.00. The summed E-state index contributed by atoms with van der Waals surface area (Å²) in [6.45, 7) is 6.12. The van der Waals surface area contributed by atoms with Gasteiger partial charge < -0.3 is 5.32 Å². The summed E-state index contributed by atoms with van der Waals surface area (Å²) in [6, 6.07) is 0.199. The second-order valence-electron chi connectivity index (χ2n) is 5.50. The van der Waals surface area contributed by atoms with E-state index in [0.29, 0.717) is 11.5 Å². The zero-order valence-corrected chi connectivity index (χ0v) is 11.5. The molecular weight excluding hydrogens is 236 g/mol. The first-order chi connectivity index (χ1) is 8.07. The molecule has 0 aromatic rings. The van der Waals surface area contributed by atoms with Crippen molar-refractivity contribution in [3.63, 3.8) is 0 Å². The Balaban J connectivity index is 1.75. The van der Waals surface area contributed by atoms with Crippen molar-refractivity contribution in [1.29, 1.82) is 0 Å². The van der Waals surface area contributed by atoms with Gasteiger partial charge >= 0.3 is 0 Å². The second-order valence-corrected chi connectivity index (χ2v) is 7.73. The maximum atomic E-state index is 11.5. The summed E-state index contributed by atoms with van der Waals surface area (Å²) in [4.78, 5) is 2.34. The molecule has 0 spiro atoms. The van der Waals surface area contributed by atoms with Crippen LogP contribution in [0.3, 0.4) is 0 Å². The van der Waals surface area contributed by atoms with E-state index in [2.05, 4.69) is 10.2 Å². The lowest BCUT2D eigenvalue weighted by atomic mass is 9.96. The molecule has 2 saturated heterocycles. The molecule has 17 heavy (non-hydrogen) atoms. The van der Waals surface area contributed by atoms with Gasteiger partial charge in [0.2, 0.25) is 0 Å². The Morgan fingerprint density at radius 3 is 2.88 bits per heavy atom. The number of nitrogens with one attached hydrogen (secondary N) is 1. The van der Waals surface area contributed by atoms with Crippen LogP contribution < -0.4 is 5.32 Å². The first kappa shape index (κ1) is 13.3. The zero-order valence-electron chi connectivity index (χ0n) is 10.7. The van der Waals surface area contributed by atoms with Crippen molar-refractivity contribution in [3.05, 3.63) is 0 Å². The minimum absolute atomic E-state index is 0.199. The van der Waals surface area contributed by atoms with Crippen LogP contribution in [-0.2, 0) is 9.84 Å². The number of hydrogen-bond donors (Lipinski definition) is 1. The fourth-order valence-electron chi connectivity index (χ4n) is 2.88. The molecule has 100 valence electrons. The maximum absolute atomic E-state index is 11.5. The molecule has 0 aromatic heterocycles. The van der Waals surface area contributed by atoms with Crippen LogP contribution in [0.25, 0.3) is 0 Å². The predicted molar refractivity (Wildman–Crippen MR) is 69.9 cm³/mol. The predicted octanol–water partition coefficient (Wildman–Crippen LogP) is 0.495. The van der Waals surface area contributed by atoms with Gasteiger partial charge in [0.05, 0.1) is 11.5 Å². The molecule has 2 unspecified atom stereocenters. The molecule has 2 aliphatic heterocycles. The average Bonchev–Trinajstić information content (AvgIpc) is 2.28. The van der Waals surface area contributed by atoms with E-state index in [1.54, 1.807) is 0 Å². The Bertz CT molecular complexity index is 336. The van der Waals surface area contributed by atoms with Crippen molar-refractivity contribution in [1.82, 2.24) is 10.2 Å². The lowest BCUT2D eigenvalue weighted by molar-refractivity contribution is 0.201. The Hall–Kier alpha value is -0.130. The van der Waals surface area contributed by atoms with Crippen LogP contribution in [-0.4, -0.2) is 57.0 Å². The molecular formula is C12H24N2O2S. The van der Waals surface area contributed by atoms with E-state index in [1.807, 2.05) is 6.92 Å². The summed E-state index contributed by atoms with van der Waals surface area (Å²) >= 11 is 0. The van der Waals surface area contributed by atoms with E-state index < -0.39 is 9.84 Å². The molecule has 2 fully saturated rings. The second kappa shape index (κ2) is 5.67. The maximum Gasteiger partial charge on any atom is 0.153 e. The number of sulfone groups is 1. The molecule has 0 aliphatic carbocycles. The summed E-state index contributed by atoms with van der Waals surface area (Å²) in [5.41, 5.74) is 0. The van der Waals surface area contributed by atoms with E-state index >= 15 is 0 Å². The van der Waals surface area contributed by atoms with Gasteiger partial charge in [0.15, 0.2) is 9.84 Å². The van der Waals surface area contributed by atoms with Crippen molar-refractivity contribution >= 4 is 9.84 Å². The molecule has 2 heterocycles. The molecule has 0 saturated carbocycles. The highest BCUT2D eigenvalue weighted by Gasteiger charge is 2.28. The minimum atomic E-state index is -2.76. The Kier molecular flexibility index (Phi) is 4.44. The van der Waals surface area contributed by atoms with Gasteiger partial charge in [-0.05, 0) is 51.7 Å². The van der Waals surface area contributed by atoms with Crippen LogP contribution in [0.2, 0.25) is 0 Å². The number of nitrogens with zero attached hydrogens (tertiary/aromatic N) is 1. The third-order valence-corrected chi connectivity index (χ3v) is 5.83. The van der Waals surface area contributed by atoms with Gasteiger partial charge in [-0.25, -0.2) is 8.42 Å². The molecule has 0 aromatic carbocycles. The van der Waals surface area contributed by atoms with Gasteiger partial charge in [-0.3, -0.25) is 4.90 Å². The normalized spacial score (nSPS) is 34.6. The SMILES string of the molecule is CC1CS(=O)(=O)CCN1CCC1CCCNC1. The van der Waals surface area contributed by atoms with E-state index in [9.17, 15) is 8.42 Å². The van der Waals surface area contributed by atoms with Crippen LogP contribution in [0.4, 0.5) is 0 Å². The van der Waals surface area contributed by atoms with Crippen molar-refractivity contribution in [2.75, 3.05) is 37.7 Å². The molecule has 2 aliphatic rings. The molecule has 2 atom stereocenters. The third kappa shape index (κ3) is 3.93. The molecule has 0 radical (unpaired) electrons. The highest BCUT2D eigenvalue weighted by atomic mass is 32.2. The molecule has 5 heteroatoms. The van der Waals surface area contributed by atoms with E-state index in [4.69, 9.17) is 0 Å². The van der Waals surface area contributed by atoms with Crippen LogP contribution >= 0.6 is 0 Å². The Morgan fingerprint density at radius 2 is 2.24 bits per heavy atom.